The Kier molecular flexibility index (Phi) is 6.93. The van der Waals surface area contributed by atoms with Gasteiger partial charge in [0.05, 0.1) is 10.9 Å². The van der Waals surface area contributed by atoms with Crippen molar-refractivity contribution in [3.8, 4) is 0 Å². The molecule has 166 valence electrons. The molecule has 0 saturated carbocycles. The Morgan fingerprint density at radius 3 is 2.16 bits per heavy atom. The third kappa shape index (κ3) is 5.20. The average Bonchev–Trinajstić information content (AvgIpc) is 2.75. The van der Waals surface area contributed by atoms with Gasteiger partial charge >= 0.3 is 0 Å². The Bertz CT molecular complexity index is 1070. The number of sulfonamides is 1. The summed E-state index contributed by atoms with van der Waals surface area (Å²) in [5.41, 5.74) is 2.85. The minimum atomic E-state index is -3.57. The molecule has 1 saturated heterocycles. The van der Waals surface area contributed by atoms with Crippen LogP contribution in [0.1, 0.15) is 35.3 Å². The molecular weight excluding hydrogens is 414 g/mol. The van der Waals surface area contributed by atoms with Crippen molar-refractivity contribution in [1.82, 2.24) is 9.21 Å². The summed E-state index contributed by atoms with van der Waals surface area (Å²) in [5, 5.41) is 2.86. The van der Waals surface area contributed by atoms with E-state index in [1.165, 1.54) is 11.2 Å². The number of hydrogen-bond acceptors (Lipinski definition) is 5. The van der Waals surface area contributed by atoms with E-state index in [4.69, 9.17) is 0 Å². The Balaban J connectivity index is 1.61. The van der Waals surface area contributed by atoms with Gasteiger partial charge in [-0.25, -0.2) is 8.42 Å². The van der Waals surface area contributed by atoms with Gasteiger partial charge in [0.2, 0.25) is 15.9 Å². The zero-order chi connectivity index (χ0) is 22.8. The van der Waals surface area contributed by atoms with E-state index < -0.39 is 16.1 Å². The lowest BCUT2D eigenvalue weighted by Crippen LogP contribution is -2.54. The average molecular weight is 444 g/mol. The molecule has 0 bridgehead atoms. The smallest absolute Gasteiger partial charge is 0.243 e. The number of aryl methyl sites for hydroxylation is 2. The van der Waals surface area contributed by atoms with Gasteiger partial charge in [-0.05, 0) is 69.2 Å². The van der Waals surface area contributed by atoms with Gasteiger partial charge in [-0.2, -0.15) is 4.31 Å². The number of hydrogen-bond donors (Lipinski definition) is 1. The van der Waals surface area contributed by atoms with Gasteiger partial charge < -0.3 is 5.32 Å². The number of anilines is 1. The molecule has 1 aliphatic heterocycles. The normalized spacial score (nSPS) is 16.6. The first-order valence-corrected chi connectivity index (χ1v) is 11.8. The Morgan fingerprint density at radius 2 is 1.58 bits per heavy atom. The summed E-state index contributed by atoms with van der Waals surface area (Å²) in [7, 11) is -3.57. The topological polar surface area (TPSA) is 86.8 Å². The van der Waals surface area contributed by atoms with Crippen LogP contribution < -0.4 is 5.32 Å². The second-order valence-corrected chi connectivity index (χ2v) is 9.91. The number of carbonyl (C=O) groups excluding carboxylic acids is 2. The lowest BCUT2D eigenvalue weighted by Gasteiger charge is -2.37. The summed E-state index contributed by atoms with van der Waals surface area (Å²) >= 11 is 0. The van der Waals surface area contributed by atoms with E-state index in [0.717, 1.165) is 11.1 Å². The molecule has 7 nitrogen and oxygen atoms in total. The molecule has 0 radical (unpaired) electrons. The quantitative estimate of drug-likeness (QED) is 0.694. The zero-order valence-corrected chi connectivity index (χ0v) is 19.2. The molecule has 0 aromatic heterocycles. The van der Waals surface area contributed by atoms with E-state index in [-0.39, 0.29) is 11.7 Å². The molecule has 1 aliphatic rings. The van der Waals surface area contributed by atoms with Crippen LogP contribution in [-0.4, -0.2) is 61.5 Å². The van der Waals surface area contributed by atoms with Crippen LogP contribution in [0.2, 0.25) is 0 Å². The van der Waals surface area contributed by atoms with Gasteiger partial charge in [0, 0.05) is 37.4 Å². The summed E-state index contributed by atoms with van der Waals surface area (Å²) < 4.78 is 27.7. The molecule has 3 rings (SSSR count). The Hall–Kier alpha value is -2.55. The fourth-order valence-corrected chi connectivity index (χ4v) is 5.39. The third-order valence-electron chi connectivity index (χ3n) is 5.72. The lowest BCUT2D eigenvalue weighted by molar-refractivity contribution is -0.121. The highest BCUT2D eigenvalue weighted by molar-refractivity contribution is 7.89. The number of amides is 1. The van der Waals surface area contributed by atoms with Crippen molar-refractivity contribution in [2.75, 3.05) is 31.5 Å². The number of nitrogens with zero attached hydrogens (tertiary/aromatic N) is 2. The first kappa shape index (κ1) is 23.1. The summed E-state index contributed by atoms with van der Waals surface area (Å²) in [6.45, 7) is 8.61. The van der Waals surface area contributed by atoms with Crippen LogP contribution in [0, 0.1) is 13.8 Å². The number of ketones is 1. The van der Waals surface area contributed by atoms with Crippen molar-refractivity contribution in [3.63, 3.8) is 0 Å². The standard InChI is InChI=1S/C23H29N3O4S/c1-16-5-6-17(2)22(15-16)31(29,30)26-13-11-25(12-14-26)18(3)23(28)24-21-9-7-20(8-10-21)19(4)27/h5-10,15,18H,11-14H2,1-4H3,(H,24,28)/t18-/m1/s1. The molecule has 2 aromatic rings. The van der Waals surface area contributed by atoms with Crippen molar-refractivity contribution in [2.45, 2.75) is 38.6 Å². The molecule has 1 heterocycles. The van der Waals surface area contributed by atoms with Crippen LogP contribution in [0.3, 0.4) is 0 Å². The van der Waals surface area contributed by atoms with Gasteiger partial charge in [0.1, 0.15) is 0 Å². The fourth-order valence-electron chi connectivity index (χ4n) is 3.66. The van der Waals surface area contributed by atoms with Crippen LogP contribution in [-0.2, 0) is 14.8 Å². The molecule has 1 amide bonds. The molecular formula is C23H29N3O4S. The SMILES string of the molecule is CC(=O)c1ccc(NC(=O)[C@@H](C)N2CCN(S(=O)(=O)c3cc(C)ccc3C)CC2)cc1. The van der Waals surface area contributed by atoms with Crippen molar-refractivity contribution in [2.24, 2.45) is 0 Å². The zero-order valence-electron chi connectivity index (χ0n) is 18.4. The highest BCUT2D eigenvalue weighted by atomic mass is 32.2. The first-order valence-electron chi connectivity index (χ1n) is 10.3. The second-order valence-electron chi connectivity index (χ2n) is 8.01. The molecule has 0 unspecified atom stereocenters. The van der Waals surface area contributed by atoms with Crippen molar-refractivity contribution < 1.29 is 18.0 Å². The van der Waals surface area contributed by atoms with Gasteiger partial charge in [-0.1, -0.05) is 12.1 Å². The third-order valence-corrected chi connectivity index (χ3v) is 7.76. The van der Waals surface area contributed by atoms with Crippen LogP contribution >= 0.6 is 0 Å². The number of Topliss-reactive ketones (excluding diaryl/α,β-unsaturated/α-hetero) is 1. The molecule has 1 atom stereocenters. The fraction of sp³-hybridized carbons (Fsp3) is 0.391. The lowest BCUT2D eigenvalue weighted by atomic mass is 10.1. The van der Waals surface area contributed by atoms with E-state index in [9.17, 15) is 18.0 Å². The van der Waals surface area contributed by atoms with Crippen LogP contribution in [0.25, 0.3) is 0 Å². The van der Waals surface area contributed by atoms with E-state index in [2.05, 4.69) is 5.32 Å². The predicted molar refractivity (Wildman–Crippen MR) is 121 cm³/mol. The van der Waals surface area contributed by atoms with Crippen LogP contribution in [0.15, 0.2) is 47.4 Å². The molecule has 1 N–H and O–H groups in total. The van der Waals surface area contributed by atoms with E-state index in [1.54, 1.807) is 37.3 Å². The summed E-state index contributed by atoms with van der Waals surface area (Å²) in [6.07, 6.45) is 0. The molecule has 1 fully saturated rings. The van der Waals surface area contributed by atoms with E-state index in [1.807, 2.05) is 30.9 Å². The maximum atomic E-state index is 13.1. The predicted octanol–water partition coefficient (Wildman–Crippen LogP) is 2.84. The summed E-state index contributed by atoms with van der Waals surface area (Å²) in [4.78, 5) is 26.4. The number of piperazine rings is 1. The van der Waals surface area contributed by atoms with Crippen molar-refractivity contribution >= 4 is 27.4 Å². The van der Waals surface area contributed by atoms with Crippen molar-refractivity contribution in [3.05, 3.63) is 59.2 Å². The largest absolute Gasteiger partial charge is 0.325 e. The Labute approximate surface area is 184 Å². The summed E-state index contributed by atoms with van der Waals surface area (Å²) in [6, 6.07) is 11.8. The monoisotopic (exact) mass is 443 g/mol. The molecule has 2 aromatic carbocycles. The van der Waals surface area contributed by atoms with E-state index in [0.29, 0.717) is 42.3 Å². The molecule has 8 heteroatoms. The minimum absolute atomic E-state index is 0.0278. The maximum Gasteiger partial charge on any atom is 0.243 e. The second kappa shape index (κ2) is 9.30. The maximum absolute atomic E-state index is 13.1. The number of rotatable bonds is 6. The number of nitrogens with one attached hydrogen (secondary N) is 1. The van der Waals surface area contributed by atoms with E-state index >= 15 is 0 Å². The highest BCUT2D eigenvalue weighted by Gasteiger charge is 2.32. The molecule has 31 heavy (non-hydrogen) atoms. The minimum Gasteiger partial charge on any atom is -0.325 e. The number of carbonyl (C=O) groups is 2. The highest BCUT2D eigenvalue weighted by Crippen LogP contribution is 2.23. The van der Waals surface area contributed by atoms with Gasteiger partial charge in [0.15, 0.2) is 5.78 Å². The van der Waals surface area contributed by atoms with Crippen molar-refractivity contribution in [1.29, 1.82) is 0 Å². The number of benzene rings is 2. The molecule has 0 spiro atoms. The van der Waals surface area contributed by atoms with Crippen LogP contribution in [0.4, 0.5) is 5.69 Å². The first-order chi connectivity index (χ1) is 14.6. The van der Waals surface area contributed by atoms with Gasteiger partial charge in [-0.3, -0.25) is 14.5 Å². The van der Waals surface area contributed by atoms with Gasteiger partial charge in [-0.15, -0.1) is 0 Å². The van der Waals surface area contributed by atoms with Crippen LogP contribution in [0.5, 0.6) is 0 Å². The Morgan fingerprint density at radius 1 is 0.968 bits per heavy atom. The summed E-state index contributed by atoms with van der Waals surface area (Å²) in [5.74, 6) is -0.193. The van der Waals surface area contributed by atoms with Gasteiger partial charge in [0.25, 0.3) is 0 Å². The molecule has 0 aliphatic carbocycles.